The summed E-state index contributed by atoms with van der Waals surface area (Å²) >= 11 is 5.80. The summed E-state index contributed by atoms with van der Waals surface area (Å²) in [5.74, 6) is -2.27. The molecule has 0 bridgehead atoms. The van der Waals surface area contributed by atoms with E-state index in [1.165, 1.54) is 13.2 Å². The molecule has 1 rings (SSSR count). The van der Waals surface area contributed by atoms with E-state index in [4.69, 9.17) is 16.7 Å². The lowest BCUT2D eigenvalue weighted by Gasteiger charge is -2.15. The van der Waals surface area contributed by atoms with Crippen LogP contribution >= 0.6 is 11.6 Å². The van der Waals surface area contributed by atoms with Gasteiger partial charge in [-0.1, -0.05) is 11.6 Å². The topological polar surface area (TPSA) is 92.7 Å². The van der Waals surface area contributed by atoms with Crippen LogP contribution in [0.1, 0.15) is 28.8 Å². The average molecular weight is 314 g/mol. The minimum atomic E-state index is -1.21. The van der Waals surface area contributed by atoms with Gasteiger partial charge in [0.1, 0.15) is 6.04 Å². The van der Waals surface area contributed by atoms with Gasteiger partial charge < -0.3 is 15.2 Å². The fraction of sp³-hybridized carbons (Fsp3) is 0.357. The Morgan fingerprint density at radius 2 is 2.05 bits per heavy atom. The number of amides is 1. The molecule has 1 unspecified atom stereocenters. The van der Waals surface area contributed by atoms with Gasteiger partial charge in [0.25, 0.3) is 5.91 Å². The number of halogens is 1. The van der Waals surface area contributed by atoms with E-state index >= 15 is 0 Å². The molecule has 0 saturated heterocycles. The molecule has 1 amide bonds. The van der Waals surface area contributed by atoms with Gasteiger partial charge in [-0.05, 0) is 37.1 Å². The second kappa shape index (κ2) is 7.64. The van der Waals surface area contributed by atoms with Crippen molar-refractivity contribution < 1.29 is 24.2 Å². The van der Waals surface area contributed by atoms with E-state index in [9.17, 15) is 14.4 Å². The zero-order chi connectivity index (χ0) is 16.0. The van der Waals surface area contributed by atoms with Crippen molar-refractivity contribution in [3.63, 3.8) is 0 Å². The summed E-state index contributed by atoms with van der Waals surface area (Å²) < 4.78 is 4.44. The van der Waals surface area contributed by atoms with Crippen molar-refractivity contribution in [1.82, 2.24) is 5.32 Å². The highest BCUT2D eigenvalue weighted by atomic mass is 35.5. The molecule has 1 aromatic rings. The Morgan fingerprint density at radius 1 is 1.38 bits per heavy atom. The van der Waals surface area contributed by atoms with Crippen molar-refractivity contribution in [2.75, 3.05) is 7.11 Å². The molecule has 21 heavy (non-hydrogen) atoms. The first-order valence-electron chi connectivity index (χ1n) is 6.21. The molecule has 0 spiro atoms. The molecule has 0 fully saturated rings. The average Bonchev–Trinajstić information content (AvgIpc) is 2.42. The molecule has 0 aromatic heterocycles. The van der Waals surface area contributed by atoms with E-state index in [0.717, 1.165) is 0 Å². The summed E-state index contributed by atoms with van der Waals surface area (Å²) in [6.07, 6.45) is -0.131. The molecule has 0 radical (unpaired) electrons. The molecular weight excluding hydrogens is 298 g/mol. The Labute approximate surface area is 127 Å². The lowest BCUT2D eigenvalue weighted by molar-refractivity contribution is -0.142. The number of carbonyl (C=O) groups excluding carboxylic acids is 2. The van der Waals surface area contributed by atoms with Gasteiger partial charge in [-0.25, -0.2) is 4.79 Å². The van der Waals surface area contributed by atoms with E-state index in [0.29, 0.717) is 16.1 Å². The number of hydrogen-bond donors (Lipinski definition) is 2. The van der Waals surface area contributed by atoms with Crippen molar-refractivity contribution in [2.24, 2.45) is 0 Å². The molecule has 0 aliphatic rings. The van der Waals surface area contributed by atoms with E-state index < -0.39 is 23.9 Å². The Morgan fingerprint density at radius 3 is 2.57 bits per heavy atom. The van der Waals surface area contributed by atoms with Gasteiger partial charge in [-0.15, -0.1) is 0 Å². The molecule has 6 nitrogen and oxygen atoms in total. The van der Waals surface area contributed by atoms with Crippen LogP contribution < -0.4 is 5.32 Å². The number of hydrogen-bond acceptors (Lipinski definition) is 4. The monoisotopic (exact) mass is 313 g/mol. The van der Waals surface area contributed by atoms with E-state index in [2.05, 4.69) is 10.1 Å². The van der Waals surface area contributed by atoms with Gasteiger partial charge in [0.2, 0.25) is 0 Å². The number of carboxylic acid groups (broad SMARTS) is 1. The number of benzene rings is 1. The maximum Gasteiger partial charge on any atom is 0.326 e. The van der Waals surface area contributed by atoms with Crippen molar-refractivity contribution in [3.8, 4) is 0 Å². The van der Waals surface area contributed by atoms with Gasteiger partial charge in [0.15, 0.2) is 0 Å². The van der Waals surface area contributed by atoms with Crippen LogP contribution in [0.15, 0.2) is 18.2 Å². The first kappa shape index (κ1) is 17.0. The van der Waals surface area contributed by atoms with Crippen molar-refractivity contribution in [1.29, 1.82) is 0 Å². The summed E-state index contributed by atoms with van der Waals surface area (Å²) in [6.45, 7) is 1.70. The fourth-order valence-electron chi connectivity index (χ4n) is 1.74. The summed E-state index contributed by atoms with van der Waals surface area (Å²) in [4.78, 5) is 34.2. The second-order valence-electron chi connectivity index (χ2n) is 4.44. The Hall–Kier alpha value is -2.08. The lowest BCUT2D eigenvalue weighted by atomic mass is 10.1. The summed E-state index contributed by atoms with van der Waals surface area (Å²) in [6, 6.07) is 3.52. The quantitative estimate of drug-likeness (QED) is 0.781. The van der Waals surface area contributed by atoms with Crippen LogP contribution in [0.25, 0.3) is 0 Å². The Kier molecular flexibility index (Phi) is 6.17. The van der Waals surface area contributed by atoms with Crippen LogP contribution in [0.3, 0.4) is 0 Å². The zero-order valence-electron chi connectivity index (χ0n) is 11.7. The number of esters is 1. The first-order valence-corrected chi connectivity index (χ1v) is 6.59. The molecule has 0 aliphatic carbocycles. The van der Waals surface area contributed by atoms with Gasteiger partial charge >= 0.3 is 11.9 Å². The van der Waals surface area contributed by atoms with E-state index in [-0.39, 0.29) is 12.8 Å². The van der Waals surface area contributed by atoms with E-state index in [1.807, 2.05) is 0 Å². The number of aliphatic carboxylic acids is 1. The molecule has 0 aliphatic heterocycles. The predicted octanol–water partition coefficient (Wildman–Crippen LogP) is 1.78. The third-order valence-electron chi connectivity index (χ3n) is 2.90. The maximum atomic E-state index is 12.1. The predicted molar refractivity (Wildman–Crippen MR) is 76.3 cm³/mol. The van der Waals surface area contributed by atoms with Crippen LogP contribution in [0.2, 0.25) is 5.02 Å². The number of methoxy groups -OCH3 is 1. The van der Waals surface area contributed by atoms with Crippen LogP contribution in [-0.2, 0) is 14.3 Å². The minimum absolute atomic E-state index is 0.0413. The number of carbonyl (C=O) groups is 3. The van der Waals surface area contributed by atoms with Crippen LogP contribution in [0, 0.1) is 6.92 Å². The Balaban J connectivity index is 2.76. The van der Waals surface area contributed by atoms with Crippen LogP contribution in [0.5, 0.6) is 0 Å². The fourth-order valence-corrected chi connectivity index (χ4v) is 1.97. The van der Waals surface area contributed by atoms with Crippen LogP contribution in [0.4, 0.5) is 0 Å². The Bertz CT molecular complexity index is 558. The maximum absolute atomic E-state index is 12.1. The number of nitrogens with one attached hydrogen (secondary N) is 1. The van der Waals surface area contributed by atoms with Gasteiger partial charge in [-0.2, -0.15) is 0 Å². The van der Waals surface area contributed by atoms with Gasteiger partial charge in [-0.3, -0.25) is 9.59 Å². The van der Waals surface area contributed by atoms with Crippen molar-refractivity contribution >= 4 is 29.4 Å². The molecule has 114 valence electrons. The standard InChI is InChI=1S/C14H16ClNO5/c1-8-7-9(15)3-4-10(8)13(18)16-11(14(19)20)5-6-12(17)21-2/h3-4,7,11H,5-6H2,1-2H3,(H,16,18)(H,19,20). The highest BCUT2D eigenvalue weighted by Crippen LogP contribution is 2.15. The lowest BCUT2D eigenvalue weighted by Crippen LogP contribution is -2.41. The van der Waals surface area contributed by atoms with Crippen molar-refractivity contribution in [3.05, 3.63) is 34.3 Å². The molecule has 1 atom stereocenters. The molecule has 0 heterocycles. The molecule has 0 saturated carbocycles. The molecule has 2 N–H and O–H groups in total. The number of rotatable bonds is 6. The third kappa shape index (κ3) is 5.07. The summed E-state index contributed by atoms with van der Waals surface area (Å²) in [5, 5.41) is 12.0. The number of ether oxygens (including phenoxy) is 1. The number of aryl methyl sites for hydroxylation is 1. The summed E-state index contributed by atoms with van der Waals surface area (Å²) in [5.41, 5.74) is 0.973. The third-order valence-corrected chi connectivity index (χ3v) is 3.14. The molecular formula is C14H16ClNO5. The number of carboxylic acids is 1. The second-order valence-corrected chi connectivity index (χ2v) is 4.87. The highest BCUT2D eigenvalue weighted by Gasteiger charge is 2.22. The largest absolute Gasteiger partial charge is 0.480 e. The first-order chi connectivity index (χ1) is 9.85. The van der Waals surface area contributed by atoms with E-state index in [1.54, 1.807) is 19.1 Å². The van der Waals surface area contributed by atoms with Crippen LogP contribution in [-0.4, -0.2) is 36.1 Å². The molecule has 1 aromatic carbocycles. The van der Waals surface area contributed by atoms with Gasteiger partial charge in [0, 0.05) is 17.0 Å². The SMILES string of the molecule is COC(=O)CCC(NC(=O)c1ccc(Cl)cc1C)C(=O)O. The normalized spacial score (nSPS) is 11.6. The molecule has 7 heteroatoms. The van der Waals surface area contributed by atoms with Crippen molar-refractivity contribution in [2.45, 2.75) is 25.8 Å². The minimum Gasteiger partial charge on any atom is -0.480 e. The van der Waals surface area contributed by atoms with Gasteiger partial charge in [0.05, 0.1) is 7.11 Å². The smallest absolute Gasteiger partial charge is 0.326 e. The zero-order valence-corrected chi connectivity index (χ0v) is 12.4. The summed E-state index contributed by atoms with van der Waals surface area (Å²) in [7, 11) is 1.22. The highest BCUT2D eigenvalue weighted by molar-refractivity contribution is 6.30.